The molecule has 0 aromatic rings. The van der Waals surface area contributed by atoms with Gasteiger partial charge in [0.15, 0.2) is 0 Å². The molecule has 4 nitrogen and oxygen atoms in total. The molecule has 1 saturated carbocycles. The smallest absolute Gasteiger partial charge is 0.407 e. The largest absolute Gasteiger partial charge is 0.444 e. The number of alkyl carbamates (subject to hydrolysis) is 1. The first-order valence-corrected chi connectivity index (χ1v) is 5.00. The van der Waals surface area contributed by atoms with Crippen LogP contribution in [0, 0.1) is 11.8 Å². The fourth-order valence-electron chi connectivity index (χ4n) is 1.31. The average molecular weight is 201 g/mol. The van der Waals surface area contributed by atoms with Crippen LogP contribution < -0.4 is 5.32 Å². The Bertz CT molecular complexity index is 210. The van der Waals surface area contributed by atoms with Crippen LogP contribution in [-0.2, 0) is 4.74 Å². The summed E-state index contributed by atoms with van der Waals surface area (Å²) in [6, 6.07) is 0. The van der Waals surface area contributed by atoms with Crippen molar-refractivity contribution in [2.24, 2.45) is 11.8 Å². The van der Waals surface area contributed by atoms with Crippen LogP contribution in [0.4, 0.5) is 4.79 Å². The average Bonchev–Trinajstić information content (AvgIpc) is 2.76. The summed E-state index contributed by atoms with van der Waals surface area (Å²) in [5.41, 5.74) is -0.440. The first kappa shape index (κ1) is 11.3. The maximum absolute atomic E-state index is 11.2. The third kappa shape index (κ3) is 3.96. The molecule has 4 heteroatoms. The van der Waals surface area contributed by atoms with Gasteiger partial charge in [0, 0.05) is 13.2 Å². The van der Waals surface area contributed by atoms with Gasteiger partial charge in [-0.25, -0.2) is 4.79 Å². The zero-order valence-electron chi connectivity index (χ0n) is 9.04. The van der Waals surface area contributed by atoms with Gasteiger partial charge in [0.25, 0.3) is 0 Å². The van der Waals surface area contributed by atoms with Crippen LogP contribution in [-0.4, -0.2) is 30.0 Å². The number of hydrogen-bond acceptors (Lipinski definition) is 3. The summed E-state index contributed by atoms with van der Waals surface area (Å²) in [7, 11) is 0. The Hall–Kier alpha value is -0.770. The van der Waals surface area contributed by atoms with E-state index in [0.29, 0.717) is 18.4 Å². The van der Waals surface area contributed by atoms with Gasteiger partial charge in [0.2, 0.25) is 0 Å². The molecule has 1 amide bonds. The van der Waals surface area contributed by atoms with E-state index in [4.69, 9.17) is 9.84 Å². The van der Waals surface area contributed by atoms with Crippen LogP contribution in [0.25, 0.3) is 0 Å². The van der Waals surface area contributed by atoms with Crippen molar-refractivity contribution in [2.45, 2.75) is 32.8 Å². The lowest BCUT2D eigenvalue weighted by Gasteiger charge is -2.19. The molecule has 2 atom stereocenters. The molecular formula is C10H19NO3. The molecule has 0 aliphatic heterocycles. The van der Waals surface area contributed by atoms with Gasteiger partial charge in [-0.2, -0.15) is 0 Å². The van der Waals surface area contributed by atoms with Gasteiger partial charge in [-0.3, -0.25) is 0 Å². The molecule has 0 saturated heterocycles. The molecule has 2 N–H and O–H groups in total. The summed E-state index contributed by atoms with van der Waals surface area (Å²) in [5.74, 6) is 0.817. The van der Waals surface area contributed by atoms with E-state index < -0.39 is 5.60 Å². The zero-order chi connectivity index (χ0) is 10.8. The molecule has 0 bridgehead atoms. The fraction of sp³-hybridized carbons (Fsp3) is 0.900. The lowest BCUT2D eigenvalue weighted by atomic mass is 10.2. The van der Waals surface area contributed by atoms with Gasteiger partial charge in [-0.05, 0) is 39.0 Å². The van der Waals surface area contributed by atoms with E-state index in [1.165, 1.54) is 0 Å². The van der Waals surface area contributed by atoms with E-state index in [9.17, 15) is 4.79 Å². The fourth-order valence-corrected chi connectivity index (χ4v) is 1.31. The van der Waals surface area contributed by atoms with Crippen molar-refractivity contribution in [2.75, 3.05) is 13.2 Å². The molecule has 14 heavy (non-hydrogen) atoms. The minimum atomic E-state index is -0.440. The normalized spacial score (nSPS) is 25.7. The van der Waals surface area contributed by atoms with E-state index in [-0.39, 0.29) is 12.7 Å². The lowest BCUT2D eigenvalue weighted by molar-refractivity contribution is 0.0524. The topological polar surface area (TPSA) is 58.6 Å². The van der Waals surface area contributed by atoms with Gasteiger partial charge < -0.3 is 15.2 Å². The summed E-state index contributed by atoms with van der Waals surface area (Å²) >= 11 is 0. The van der Waals surface area contributed by atoms with Gasteiger partial charge in [-0.15, -0.1) is 0 Å². The molecule has 0 radical (unpaired) electrons. The van der Waals surface area contributed by atoms with Crippen LogP contribution in [0.5, 0.6) is 0 Å². The number of rotatable bonds is 3. The summed E-state index contributed by atoms with van der Waals surface area (Å²) in [4.78, 5) is 11.2. The van der Waals surface area contributed by atoms with Gasteiger partial charge >= 0.3 is 6.09 Å². The number of carbonyl (C=O) groups excluding carboxylic acids is 1. The van der Waals surface area contributed by atoms with Crippen LogP contribution in [0.2, 0.25) is 0 Å². The molecule has 0 spiro atoms. The Labute approximate surface area is 84.6 Å². The quantitative estimate of drug-likeness (QED) is 0.720. The van der Waals surface area contributed by atoms with E-state index in [1.54, 1.807) is 0 Å². The number of ether oxygens (including phenoxy) is 1. The summed E-state index contributed by atoms with van der Waals surface area (Å²) < 4.78 is 5.07. The van der Waals surface area contributed by atoms with Crippen LogP contribution in [0.3, 0.4) is 0 Å². The monoisotopic (exact) mass is 201 g/mol. The molecule has 0 aromatic carbocycles. The Morgan fingerprint density at radius 1 is 1.50 bits per heavy atom. The SMILES string of the molecule is CC(C)(C)OC(=O)NC[C@@H]1C[C@@H]1CO. The maximum atomic E-state index is 11.2. The minimum absolute atomic E-state index is 0.223. The second kappa shape index (κ2) is 4.17. The predicted molar refractivity (Wildman–Crippen MR) is 52.9 cm³/mol. The highest BCUT2D eigenvalue weighted by Crippen LogP contribution is 2.36. The maximum Gasteiger partial charge on any atom is 0.407 e. The minimum Gasteiger partial charge on any atom is -0.444 e. The van der Waals surface area contributed by atoms with Crippen LogP contribution >= 0.6 is 0 Å². The second-order valence-corrected chi connectivity index (χ2v) is 4.82. The molecule has 0 heterocycles. The van der Waals surface area contributed by atoms with Crippen molar-refractivity contribution in [3.63, 3.8) is 0 Å². The van der Waals surface area contributed by atoms with Crippen LogP contribution in [0.15, 0.2) is 0 Å². The Balaban J connectivity index is 2.10. The van der Waals surface area contributed by atoms with Crippen LogP contribution in [0.1, 0.15) is 27.2 Å². The van der Waals surface area contributed by atoms with Gasteiger partial charge in [-0.1, -0.05) is 0 Å². The van der Waals surface area contributed by atoms with Crippen molar-refractivity contribution >= 4 is 6.09 Å². The van der Waals surface area contributed by atoms with Crippen molar-refractivity contribution in [3.8, 4) is 0 Å². The number of nitrogens with one attached hydrogen (secondary N) is 1. The Morgan fingerprint density at radius 3 is 2.57 bits per heavy atom. The van der Waals surface area contributed by atoms with E-state index in [1.807, 2.05) is 20.8 Å². The molecule has 0 aromatic heterocycles. The van der Waals surface area contributed by atoms with E-state index in [0.717, 1.165) is 6.42 Å². The summed E-state index contributed by atoms with van der Waals surface area (Å²) in [6.45, 7) is 6.33. The highest BCUT2D eigenvalue weighted by Gasteiger charge is 2.36. The van der Waals surface area contributed by atoms with Gasteiger partial charge in [0.05, 0.1) is 0 Å². The molecular weight excluding hydrogens is 182 g/mol. The molecule has 1 fully saturated rings. The number of aliphatic hydroxyl groups is 1. The highest BCUT2D eigenvalue weighted by molar-refractivity contribution is 5.67. The van der Waals surface area contributed by atoms with Gasteiger partial charge in [0.1, 0.15) is 5.60 Å². The van der Waals surface area contributed by atoms with E-state index >= 15 is 0 Å². The molecule has 1 aliphatic rings. The number of hydrogen-bond donors (Lipinski definition) is 2. The van der Waals surface area contributed by atoms with E-state index in [2.05, 4.69) is 5.32 Å². The third-order valence-electron chi connectivity index (χ3n) is 2.21. The zero-order valence-corrected chi connectivity index (χ0v) is 9.04. The first-order chi connectivity index (χ1) is 6.42. The van der Waals surface area contributed by atoms with Crippen molar-refractivity contribution in [1.82, 2.24) is 5.32 Å². The van der Waals surface area contributed by atoms with Crippen molar-refractivity contribution in [3.05, 3.63) is 0 Å². The second-order valence-electron chi connectivity index (χ2n) is 4.82. The van der Waals surface area contributed by atoms with Crippen molar-refractivity contribution < 1.29 is 14.6 Å². The highest BCUT2D eigenvalue weighted by atomic mass is 16.6. The predicted octanol–water partition coefficient (Wildman–Crippen LogP) is 1.14. The molecule has 1 rings (SSSR count). The molecule has 0 unspecified atom stereocenters. The summed E-state index contributed by atoms with van der Waals surface area (Å²) in [6.07, 6.45) is 0.632. The van der Waals surface area contributed by atoms with Crippen molar-refractivity contribution in [1.29, 1.82) is 0 Å². The third-order valence-corrected chi connectivity index (χ3v) is 2.21. The first-order valence-electron chi connectivity index (χ1n) is 5.00. The lowest BCUT2D eigenvalue weighted by Crippen LogP contribution is -2.33. The Morgan fingerprint density at radius 2 is 2.14 bits per heavy atom. The number of aliphatic hydroxyl groups excluding tert-OH is 1. The molecule has 82 valence electrons. The molecule has 1 aliphatic carbocycles. The standard InChI is InChI=1S/C10H19NO3/c1-10(2,3)14-9(13)11-5-7-4-8(7)6-12/h7-8,12H,4-6H2,1-3H3,(H,11,13)/t7-,8+/m0/s1. The Kier molecular flexibility index (Phi) is 3.37. The number of carbonyl (C=O) groups is 1. The number of amides is 1. The summed E-state index contributed by atoms with van der Waals surface area (Å²) in [5, 5.41) is 11.5.